The van der Waals surface area contributed by atoms with Crippen molar-refractivity contribution in [3.63, 3.8) is 0 Å². The molecule has 8 aromatic rings. The first kappa shape index (κ1) is 29.7. The lowest BCUT2D eigenvalue weighted by Gasteiger charge is -2.14. The van der Waals surface area contributed by atoms with Gasteiger partial charge in [0, 0.05) is 11.1 Å². The topological polar surface area (TPSA) is 160 Å². The number of rotatable bonds is 5. The summed E-state index contributed by atoms with van der Waals surface area (Å²) in [5.74, 6) is -3.11. The highest BCUT2D eigenvalue weighted by Crippen LogP contribution is 2.60. The molecule has 0 radical (unpaired) electrons. The summed E-state index contributed by atoms with van der Waals surface area (Å²) in [5.41, 5.74) is 3.27. The highest BCUT2D eigenvalue weighted by atomic mass is 32.1. The molecule has 9 nitrogen and oxygen atoms in total. The molecule has 49 heavy (non-hydrogen) atoms. The Morgan fingerprint density at radius 3 is 1.47 bits per heavy atom. The van der Waals surface area contributed by atoms with Crippen LogP contribution in [-0.4, -0.2) is 45.6 Å². The van der Waals surface area contributed by atoms with Gasteiger partial charge in [0.2, 0.25) is 0 Å². The van der Waals surface area contributed by atoms with Crippen molar-refractivity contribution >= 4 is 31.5 Å². The molecule has 238 valence electrons. The first-order chi connectivity index (χ1) is 23.8. The number of fused-ring (bicyclic) bond motifs is 3. The highest BCUT2D eigenvalue weighted by Gasteiger charge is 2.31. The molecule has 8 rings (SSSR count). The van der Waals surface area contributed by atoms with Crippen molar-refractivity contribution in [2.75, 3.05) is 0 Å². The number of aromatic nitrogens is 3. The number of hydrogen-bond donors (Lipinski definition) is 6. The number of aromatic hydroxyl groups is 6. The predicted molar refractivity (Wildman–Crippen MR) is 190 cm³/mol. The molecule has 6 N–H and O–H groups in total. The minimum atomic E-state index is -0.743. The van der Waals surface area contributed by atoms with Crippen molar-refractivity contribution in [1.29, 1.82) is 0 Å². The van der Waals surface area contributed by atoms with Gasteiger partial charge in [-0.1, -0.05) is 109 Å². The van der Waals surface area contributed by atoms with Gasteiger partial charge in [-0.05, 0) is 22.8 Å². The molecule has 0 bridgehead atoms. The van der Waals surface area contributed by atoms with E-state index < -0.39 is 34.5 Å². The zero-order chi connectivity index (χ0) is 33.8. The molecule has 10 heteroatoms. The largest absolute Gasteiger partial charge is 0.506 e. The molecule has 0 aliphatic rings. The number of hydrogen-bond acceptors (Lipinski definition) is 10. The number of phenolic OH excluding ortho intramolecular Hbond substituents is 6. The van der Waals surface area contributed by atoms with E-state index in [0.29, 0.717) is 16.7 Å². The molecule has 0 aliphatic heterocycles. The third-order valence-electron chi connectivity index (χ3n) is 8.39. The van der Waals surface area contributed by atoms with Crippen molar-refractivity contribution in [2.24, 2.45) is 0 Å². The van der Waals surface area contributed by atoms with E-state index in [-0.39, 0.29) is 48.8 Å². The second kappa shape index (κ2) is 11.5. The Labute approximate surface area is 282 Å². The Bertz CT molecular complexity index is 2560. The average molecular weight is 664 g/mol. The lowest BCUT2D eigenvalue weighted by Crippen LogP contribution is -2.01. The molecule has 2 aromatic heterocycles. The summed E-state index contributed by atoms with van der Waals surface area (Å²) in [6.45, 7) is 0. The van der Waals surface area contributed by atoms with Crippen LogP contribution in [0.3, 0.4) is 0 Å². The molecule has 2 heterocycles. The van der Waals surface area contributed by atoms with Crippen molar-refractivity contribution in [2.45, 2.75) is 0 Å². The quantitative estimate of drug-likeness (QED) is 0.0781. The van der Waals surface area contributed by atoms with Crippen LogP contribution in [0.2, 0.25) is 0 Å². The van der Waals surface area contributed by atoms with Crippen LogP contribution in [0.4, 0.5) is 0 Å². The minimum absolute atomic E-state index is 0.00846. The normalized spacial score (nSPS) is 11.3. The second-order valence-corrected chi connectivity index (χ2v) is 12.4. The number of benzene rings is 6. The van der Waals surface area contributed by atoms with E-state index in [4.69, 9.17) is 4.98 Å². The summed E-state index contributed by atoms with van der Waals surface area (Å²) < 4.78 is 0.00989. The van der Waals surface area contributed by atoms with Gasteiger partial charge in [0.05, 0.1) is 25.7 Å². The Balaban J connectivity index is 1.39. The average Bonchev–Trinajstić information content (AvgIpc) is 3.56. The van der Waals surface area contributed by atoms with Gasteiger partial charge in [0.25, 0.3) is 0 Å². The summed E-state index contributed by atoms with van der Waals surface area (Å²) >= 11 is 0.817. The maximum Gasteiger partial charge on any atom is 0.176 e. The Morgan fingerprint density at radius 2 is 0.816 bits per heavy atom. The second-order valence-electron chi connectivity index (χ2n) is 11.3. The molecule has 0 amide bonds. The van der Waals surface area contributed by atoms with Crippen molar-refractivity contribution in [3.8, 4) is 90.9 Å². The first-order valence-corrected chi connectivity index (χ1v) is 16.0. The molecule has 0 saturated heterocycles. The van der Waals surface area contributed by atoms with Gasteiger partial charge in [0.1, 0.15) is 17.1 Å². The predicted octanol–water partition coefficient (Wildman–Crippen LogP) is 8.81. The maximum absolute atomic E-state index is 11.8. The zero-order valence-electron chi connectivity index (χ0n) is 25.4. The summed E-state index contributed by atoms with van der Waals surface area (Å²) in [6.07, 6.45) is 0. The maximum atomic E-state index is 11.8. The van der Waals surface area contributed by atoms with Gasteiger partial charge < -0.3 is 30.6 Å². The van der Waals surface area contributed by atoms with E-state index in [0.717, 1.165) is 22.5 Å². The van der Waals surface area contributed by atoms with Crippen LogP contribution in [0.5, 0.6) is 34.5 Å². The smallest absolute Gasteiger partial charge is 0.176 e. The fourth-order valence-corrected chi connectivity index (χ4v) is 7.23. The standard InChI is InChI=1S/C39H25N3O6S/c43-29-25(21-13-6-2-7-14-21)30(44)34(48)36-26(29)27-31(45)32(46)28(33(47)35(27)49-36)39-41-37(22-15-8-3-9-16-22)40-38(42-39)24-18-10-17-23(19-24)20-11-4-1-5-12-20/h1-19,43-48H. The molecule has 0 aliphatic carbocycles. The Kier molecular flexibility index (Phi) is 7.01. The van der Waals surface area contributed by atoms with Gasteiger partial charge in [-0.25, -0.2) is 15.0 Å². The molecule has 6 aromatic carbocycles. The lowest BCUT2D eigenvalue weighted by atomic mass is 9.98. The fourth-order valence-electron chi connectivity index (χ4n) is 6.03. The first-order valence-electron chi connectivity index (χ1n) is 15.1. The molecule has 0 atom stereocenters. The van der Waals surface area contributed by atoms with Crippen molar-refractivity contribution in [3.05, 3.63) is 115 Å². The SMILES string of the molecule is Oc1c(-c2ccccc2)c(O)c2c(sc3c(O)c(-c4nc(-c5ccccc5)nc(-c5cccc(-c6ccccc6)c5)n4)c(O)c(O)c32)c1O. The van der Waals surface area contributed by atoms with E-state index >= 15 is 0 Å². The van der Waals surface area contributed by atoms with Gasteiger partial charge in [-0.3, -0.25) is 0 Å². The summed E-state index contributed by atoms with van der Waals surface area (Å²) in [5, 5.41) is 68.1. The summed E-state index contributed by atoms with van der Waals surface area (Å²) in [7, 11) is 0. The fraction of sp³-hybridized carbons (Fsp3) is 0. The monoisotopic (exact) mass is 663 g/mol. The van der Waals surface area contributed by atoms with Crippen LogP contribution < -0.4 is 0 Å². The number of thiophene rings is 1. The third kappa shape index (κ3) is 4.81. The van der Waals surface area contributed by atoms with Crippen LogP contribution >= 0.6 is 11.3 Å². The Morgan fingerprint density at radius 1 is 0.347 bits per heavy atom. The van der Waals surface area contributed by atoms with Crippen LogP contribution in [0.1, 0.15) is 0 Å². The number of phenols is 6. The highest BCUT2D eigenvalue weighted by molar-refractivity contribution is 7.26. The van der Waals surface area contributed by atoms with Gasteiger partial charge in [-0.15, -0.1) is 11.3 Å². The Hall–Kier alpha value is -6.65. The lowest BCUT2D eigenvalue weighted by molar-refractivity contribution is 0.403. The van der Waals surface area contributed by atoms with Crippen LogP contribution in [0.25, 0.3) is 76.6 Å². The van der Waals surface area contributed by atoms with Crippen molar-refractivity contribution < 1.29 is 30.6 Å². The molecule has 0 fully saturated rings. The summed E-state index contributed by atoms with van der Waals surface area (Å²) in [4.78, 5) is 14.0. The molecular weight excluding hydrogens is 639 g/mol. The number of nitrogens with zero attached hydrogens (tertiary/aromatic N) is 3. The van der Waals surface area contributed by atoms with E-state index in [1.807, 2.05) is 84.9 Å². The van der Waals surface area contributed by atoms with Gasteiger partial charge in [0.15, 0.2) is 40.5 Å². The van der Waals surface area contributed by atoms with Crippen LogP contribution in [0.15, 0.2) is 115 Å². The third-order valence-corrected chi connectivity index (χ3v) is 9.59. The van der Waals surface area contributed by atoms with Gasteiger partial charge in [-0.2, -0.15) is 0 Å². The molecular formula is C39H25N3O6S. The van der Waals surface area contributed by atoms with E-state index in [9.17, 15) is 30.6 Å². The van der Waals surface area contributed by atoms with Crippen LogP contribution in [-0.2, 0) is 0 Å². The zero-order valence-corrected chi connectivity index (χ0v) is 26.2. The molecule has 0 spiro atoms. The van der Waals surface area contributed by atoms with Gasteiger partial charge >= 0.3 is 0 Å². The molecule has 0 unspecified atom stereocenters. The minimum Gasteiger partial charge on any atom is -0.506 e. The van der Waals surface area contributed by atoms with Crippen molar-refractivity contribution in [1.82, 2.24) is 15.0 Å². The summed E-state index contributed by atoms with van der Waals surface area (Å²) in [6, 6.07) is 35.0. The van der Waals surface area contributed by atoms with E-state index in [2.05, 4.69) is 9.97 Å². The van der Waals surface area contributed by atoms with Crippen LogP contribution in [0, 0.1) is 0 Å². The van der Waals surface area contributed by atoms with E-state index in [1.54, 1.807) is 30.3 Å². The molecule has 0 saturated carbocycles. The van der Waals surface area contributed by atoms with E-state index in [1.165, 1.54) is 0 Å².